The Morgan fingerprint density at radius 2 is 1.84 bits per heavy atom. The van der Waals surface area contributed by atoms with Crippen LogP contribution in [0.1, 0.15) is 24.4 Å². The van der Waals surface area contributed by atoms with Gasteiger partial charge in [-0.05, 0) is 30.5 Å². The van der Waals surface area contributed by atoms with E-state index in [2.05, 4.69) is 11.3 Å². The average Bonchev–Trinajstić information content (AvgIpc) is 2.36. The van der Waals surface area contributed by atoms with Gasteiger partial charge >= 0.3 is 12.5 Å². The van der Waals surface area contributed by atoms with Crippen LogP contribution in [0.3, 0.4) is 0 Å². The van der Waals surface area contributed by atoms with Gasteiger partial charge in [-0.1, -0.05) is 18.2 Å². The van der Waals surface area contributed by atoms with Gasteiger partial charge in [0.25, 0.3) is 0 Å². The number of halogens is 4. The minimum Gasteiger partial charge on any atom is -0.428 e. The van der Waals surface area contributed by atoms with Crippen molar-refractivity contribution in [1.82, 2.24) is 0 Å². The molecule has 1 aromatic rings. The summed E-state index contributed by atoms with van der Waals surface area (Å²) in [6, 6.07) is 5.08. The third-order valence-electron chi connectivity index (χ3n) is 2.50. The van der Waals surface area contributed by atoms with Crippen LogP contribution >= 0.6 is 0 Å². The minimum atomic E-state index is -4.49. The van der Waals surface area contributed by atoms with E-state index in [1.54, 1.807) is 6.08 Å². The normalized spacial score (nSPS) is 13.4. The Morgan fingerprint density at radius 1 is 1.26 bits per heavy atom. The fourth-order valence-corrected chi connectivity index (χ4v) is 1.45. The van der Waals surface area contributed by atoms with Gasteiger partial charge in [0.05, 0.1) is 0 Å². The van der Waals surface area contributed by atoms with Crippen molar-refractivity contribution in [3.8, 4) is 5.75 Å². The number of hydrogen-bond donors (Lipinski definition) is 1. The van der Waals surface area contributed by atoms with Crippen molar-refractivity contribution >= 4 is 0 Å². The lowest BCUT2D eigenvalue weighted by Crippen LogP contribution is -2.33. The van der Waals surface area contributed by atoms with Crippen LogP contribution in [0.2, 0.25) is 0 Å². The Balaban J connectivity index is 2.68. The number of ether oxygens (including phenoxy) is 1. The zero-order chi connectivity index (χ0) is 14.5. The quantitative estimate of drug-likeness (QED) is 0.606. The van der Waals surface area contributed by atoms with Crippen LogP contribution in [0.4, 0.5) is 17.6 Å². The minimum absolute atomic E-state index is 0.261. The Labute approximate surface area is 108 Å². The first kappa shape index (κ1) is 15.5. The van der Waals surface area contributed by atoms with E-state index in [1.165, 1.54) is 24.3 Å². The molecule has 2 N–H and O–H groups in total. The third-order valence-corrected chi connectivity index (χ3v) is 2.50. The van der Waals surface area contributed by atoms with Gasteiger partial charge in [0, 0.05) is 6.04 Å². The van der Waals surface area contributed by atoms with Gasteiger partial charge in [-0.3, -0.25) is 0 Å². The summed E-state index contributed by atoms with van der Waals surface area (Å²) in [6.07, 6.45) is -5.26. The molecule has 0 fully saturated rings. The van der Waals surface area contributed by atoms with Gasteiger partial charge in [0.15, 0.2) is 0 Å². The molecule has 0 heterocycles. The van der Waals surface area contributed by atoms with Gasteiger partial charge in [0.1, 0.15) is 5.75 Å². The molecular weight excluding hydrogens is 262 g/mol. The van der Waals surface area contributed by atoms with Crippen molar-refractivity contribution in [3.05, 3.63) is 42.5 Å². The van der Waals surface area contributed by atoms with Crippen molar-refractivity contribution < 1.29 is 22.3 Å². The fraction of sp³-hybridized carbons (Fsp3) is 0.385. The first-order chi connectivity index (χ1) is 8.86. The monoisotopic (exact) mass is 277 g/mol. The highest BCUT2D eigenvalue weighted by atomic mass is 19.3. The van der Waals surface area contributed by atoms with Crippen LogP contribution in [0, 0.1) is 0 Å². The largest absolute Gasteiger partial charge is 0.461 e. The SMILES string of the molecule is C=CCC[C@H](N)c1ccc(OC(F)(F)C(F)F)cc1. The van der Waals surface area contributed by atoms with Crippen molar-refractivity contribution in [2.75, 3.05) is 0 Å². The second kappa shape index (κ2) is 6.56. The molecule has 0 amide bonds. The zero-order valence-electron chi connectivity index (χ0n) is 10.2. The number of nitrogens with two attached hydrogens (primary N) is 1. The van der Waals surface area contributed by atoms with E-state index in [0.29, 0.717) is 6.42 Å². The Bertz CT molecular complexity index is 406. The molecule has 1 rings (SSSR count). The van der Waals surface area contributed by atoms with E-state index in [1.807, 2.05) is 0 Å². The Morgan fingerprint density at radius 3 is 2.32 bits per heavy atom. The molecule has 1 atom stereocenters. The molecule has 1 aromatic carbocycles. The van der Waals surface area contributed by atoms with E-state index in [-0.39, 0.29) is 11.8 Å². The first-order valence-corrected chi connectivity index (χ1v) is 5.68. The van der Waals surface area contributed by atoms with Crippen LogP contribution in [-0.4, -0.2) is 12.5 Å². The van der Waals surface area contributed by atoms with Crippen molar-refractivity contribution in [2.24, 2.45) is 5.73 Å². The molecule has 0 saturated heterocycles. The van der Waals surface area contributed by atoms with E-state index in [0.717, 1.165) is 12.0 Å². The maximum Gasteiger partial charge on any atom is 0.461 e. The number of hydrogen-bond acceptors (Lipinski definition) is 2. The van der Waals surface area contributed by atoms with Gasteiger partial charge in [-0.25, -0.2) is 0 Å². The summed E-state index contributed by atoms with van der Waals surface area (Å²) in [5.41, 5.74) is 6.57. The summed E-state index contributed by atoms with van der Waals surface area (Å²) in [5, 5.41) is 0. The molecule has 0 bridgehead atoms. The molecule has 0 unspecified atom stereocenters. The molecule has 0 aliphatic rings. The van der Waals surface area contributed by atoms with E-state index < -0.39 is 12.5 Å². The average molecular weight is 277 g/mol. The first-order valence-electron chi connectivity index (χ1n) is 5.68. The zero-order valence-corrected chi connectivity index (χ0v) is 10.2. The Hall–Kier alpha value is -1.56. The smallest absolute Gasteiger partial charge is 0.428 e. The summed E-state index contributed by atoms with van der Waals surface area (Å²) in [7, 11) is 0. The second-order valence-corrected chi connectivity index (χ2v) is 4.01. The maximum absolute atomic E-state index is 12.6. The van der Waals surface area contributed by atoms with Crippen LogP contribution < -0.4 is 10.5 Å². The third kappa shape index (κ3) is 4.55. The van der Waals surface area contributed by atoms with Crippen molar-refractivity contribution in [1.29, 1.82) is 0 Å². The van der Waals surface area contributed by atoms with Gasteiger partial charge in [-0.2, -0.15) is 17.6 Å². The highest BCUT2D eigenvalue weighted by Gasteiger charge is 2.43. The molecular formula is C13H15F4NO. The summed E-state index contributed by atoms with van der Waals surface area (Å²) < 4.78 is 53.1. The lowest BCUT2D eigenvalue weighted by Gasteiger charge is -2.17. The van der Waals surface area contributed by atoms with E-state index in [9.17, 15) is 17.6 Å². The van der Waals surface area contributed by atoms with Crippen molar-refractivity contribution in [2.45, 2.75) is 31.4 Å². The molecule has 0 saturated carbocycles. The Kier molecular flexibility index (Phi) is 5.35. The molecule has 2 nitrogen and oxygen atoms in total. The number of allylic oxidation sites excluding steroid dienone is 1. The molecule has 0 aliphatic carbocycles. The van der Waals surface area contributed by atoms with Gasteiger partial charge in [0.2, 0.25) is 0 Å². The number of rotatable bonds is 7. The van der Waals surface area contributed by atoms with Crippen LogP contribution in [0.5, 0.6) is 5.75 Å². The predicted molar refractivity (Wildman–Crippen MR) is 64.4 cm³/mol. The number of benzene rings is 1. The van der Waals surface area contributed by atoms with Gasteiger partial charge in [-0.15, -0.1) is 6.58 Å². The standard InChI is InChI=1S/C13H15F4NO/c1-2-3-4-11(18)9-5-7-10(8-6-9)19-13(16,17)12(14)15/h2,5-8,11-12H,1,3-4,18H2/t11-/m0/s1. The summed E-state index contributed by atoms with van der Waals surface area (Å²) in [6.45, 7) is 3.57. The summed E-state index contributed by atoms with van der Waals surface area (Å²) in [4.78, 5) is 0. The summed E-state index contributed by atoms with van der Waals surface area (Å²) in [5.74, 6) is -0.329. The molecule has 106 valence electrons. The fourth-order valence-electron chi connectivity index (χ4n) is 1.45. The van der Waals surface area contributed by atoms with E-state index >= 15 is 0 Å². The highest BCUT2D eigenvalue weighted by molar-refractivity contribution is 5.29. The second-order valence-electron chi connectivity index (χ2n) is 4.01. The van der Waals surface area contributed by atoms with Crippen LogP contribution in [0.25, 0.3) is 0 Å². The molecule has 0 radical (unpaired) electrons. The predicted octanol–water partition coefficient (Wildman–Crippen LogP) is 3.89. The van der Waals surface area contributed by atoms with E-state index in [4.69, 9.17) is 5.73 Å². The molecule has 19 heavy (non-hydrogen) atoms. The summed E-state index contributed by atoms with van der Waals surface area (Å²) >= 11 is 0. The lowest BCUT2D eigenvalue weighted by molar-refractivity contribution is -0.253. The lowest BCUT2D eigenvalue weighted by atomic mass is 10.0. The van der Waals surface area contributed by atoms with Crippen molar-refractivity contribution in [3.63, 3.8) is 0 Å². The molecule has 0 aromatic heterocycles. The highest BCUT2D eigenvalue weighted by Crippen LogP contribution is 2.28. The molecule has 0 spiro atoms. The number of alkyl halides is 4. The van der Waals surface area contributed by atoms with Crippen LogP contribution in [0.15, 0.2) is 36.9 Å². The van der Waals surface area contributed by atoms with Gasteiger partial charge < -0.3 is 10.5 Å². The maximum atomic E-state index is 12.6. The topological polar surface area (TPSA) is 35.2 Å². The molecule has 6 heteroatoms. The molecule has 0 aliphatic heterocycles. The van der Waals surface area contributed by atoms with Crippen LogP contribution in [-0.2, 0) is 0 Å².